The SMILES string of the molecule is COC(C)c1nsc(N2Cc3cnn(-c4ccccc4)c3CC(C)(C)C2)n1. The summed E-state index contributed by atoms with van der Waals surface area (Å²) in [4.78, 5) is 7.06. The fraction of sp³-hybridized carbons (Fsp3) is 0.450. The van der Waals surface area contributed by atoms with Crippen molar-refractivity contribution < 1.29 is 4.74 Å². The third-order valence-electron chi connectivity index (χ3n) is 5.00. The molecule has 1 aromatic carbocycles. The highest BCUT2D eigenvalue weighted by atomic mass is 32.1. The lowest BCUT2D eigenvalue weighted by Crippen LogP contribution is -2.33. The van der Waals surface area contributed by atoms with Crippen LogP contribution in [-0.2, 0) is 17.7 Å². The van der Waals surface area contributed by atoms with Gasteiger partial charge >= 0.3 is 0 Å². The maximum atomic E-state index is 5.36. The van der Waals surface area contributed by atoms with Gasteiger partial charge in [-0.25, -0.2) is 9.67 Å². The molecule has 1 atom stereocenters. The molecule has 0 bridgehead atoms. The zero-order valence-electron chi connectivity index (χ0n) is 16.2. The molecule has 1 aliphatic rings. The summed E-state index contributed by atoms with van der Waals surface area (Å²) in [5.74, 6) is 0.750. The second kappa shape index (κ2) is 7.05. The molecular weight excluding hydrogens is 358 g/mol. The summed E-state index contributed by atoms with van der Waals surface area (Å²) in [6, 6.07) is 10.3. The Bertz CT molecular complexity index is 918. The molecule has 0 N–H and O–H groups in total. The van der Waals surface area contributed by atoms with Gasteiger partial charge < -0.3 is 9.64 Å². The monoisotopic (exact) mass is 383 g/mol. The van der Waals surface area contributed by atoms with Crippen LogP contribution < -0.4 is 4.90 Å². The van der Waals surface area contributed by atoms with Gasteiger partial charge in [-0.1, -0.05) is 32.0 Å². The first kappa shape index (κ1) is 18.1. The lowest BCUT2D eigenvalue weighted by atomic mass is 9.87. The Labute approximate surface area is 164 Å². The number of aromatic nitrogens is 4. The first-order valence-corrected chi connectivity index (χ1v) is 9.97. The molecule has 2 aromatic heterocycles. The Morgan fingerprint density at radius 2 is 2.00 bits per heavy atom. The number of rotatable bonds is 4. The first-order chi connectivity index (χ1) is 13.0. The number of methoxy groups -OCH3 is 1. The standard InChI is InChI=1S/C20H25N5OS/c1-14(26-4)18-22-19(27-23-18)24-12-15-11-21-25(16-8-6-5-7-9-16)17(15)10-20(2,3)13-24/h5-9,11,14H,10,12-13H2,1-4H3. The van der Waals surface area contributed by atoms with Crippen molar-refractivity contribution in [2.24, 2.45) is 5.41 Å². The maximum Gasteiger partial charge on any atom is 0.205 e. The van der Waals surface area contributed by atoms with Gasteiger partial charge in [0.15, 0.2) is 5.82 Å². The van der Waals surface area contributed by atoms with E-state index >= 15 is 0 Å². The van der Waals surface area contributed by atoms with Crippen LogP contribution >= 0.6 is 11.5 Å². The van der Waals surface area contributed by atoms with Gasteiger partial charge in [-0.05, 0) is 30.9 Å². The van der Waals surface area contributed by atoms with Crippen molar-refractivity contribution in [3.63, 3.8) is 0 Å². The zero-order chi connectivity index (χ0) is 19.0. The van der Waals surface area contributed by atoms with Crippen molar-refractivity contribution in [1.29, 1.82) is 0 Å². The van der Waals surface area contributed by atoms with E-state index in [1.807, 2.05) is 19.2 Å². The van der Waals surface area contributed by atoms with Crippen molar-refractivity contribution in [3.8, 4) is 5.69 Å². The van der Waals surface area contributed by atoms with Gasteiger partial charge in [0.05, 0.1) is 11.9 Å². The first-order valence-electron chi connectivity index (χ1n) is 9.19. The molecule has 0 fully saturated rings. The van der Waals surface area contributed by atoms with Crippen LogP contribution in [0.15, 0.2) is 36.5 Å². The van der Waals surface area contributed by atoms with Gasteiger partial charge in [0, 0.05) is 43.0 Å². The number of ether oxygens (including phenoxy) is 1. The summed E-state index contributed by atoms with van der Waals surface area (Å²) in [5.41, 5.74) is 3.73. The Kier molecular flexibility index (Phi) is 4.74. The van der Waals surface area contributed by atoms with Crippen LogP contribution in [0.5, 0.6) is 0 Å². The van der Waals surface area contributed by atoms with E-state index in [-0.39, 0.29) is 11.5 Å². The average Bonchev–Trinajstić information content (AvgIpc) is 3.26. The van der Waals surface area contributed by atoms with E-state index < -0.39 is 0 Å². The Morgan fingerprint density at radius 1 is 1.22 bits per heavy atom. The summed E-state index contributed by atoms with van der Waals surface area (Å²) in [7, 11) is 1.69. The molecule has 0 saturated heterocycles. The van der Waals surface area contributed by atoms with Crippen molar-refractivity contribution in [2.45, 2.75) is 39.8 Å². The van der Waals surface area contributed by atoms with Crippen LogP contribution in [0.3, 0.4) is 0 Å². The van der Waals surface area contributed by atoms with Gasteiger partial charge in [-0.15, -0.1) is 0 Å². The predicted molar refractivity (Wildman–Crippen MR) is 107 cm³/mol. The van der Waals surface area contributed by atoms with E-state index in [4.69, 9.17) is 9.72 Å². The summed E-state index contributed by atoms with van der Waals surface area (Å²) in [6.45, 7) is 8.29. The number of para-hydroxylation sites is 1. The average molecular weight is 384 g/mol. The summed E-state index contributed by atoms with van der Waals surface area (Å²) < 4.78 is 11.9. The van der Waals surface area contributed by atoms with Gasteiger partial charge in [-0.2, -0.15) is 9.47 Å². The van der Waals surface area contributed by atoms with Gasteiger partial charge in [0.1, 0.15) is 6.10 Å². The quantitative estimate of drug-likeness (QED) is 0.681. The van der Waals surface area contributed by atoms with Crippen LogP contribution in [0.1, 0.15) is 44.0 Å². The normalized spacial score (nSPS) is 17.4. The van der Waals surface area contributed by atoms with Gasteiger partial charge in [0.25, 0.3) is 0 Å². The Hall–Kier alpha value is -2.25. The van der Waals surface area contributed by atoms with E-state index in [0.29, 0.717) is 0 Å². The molecule has 0 saturated carbocycles. The molecule has 1 unspecified atom stereocenters. The van der Waals surface area contributed by atoms with Crippen molar-refractivity contribution in [3.05, 3.63) is 53.6 Å². The number of fused-ring (bicyclic) bond motifs is 1. The fourth-order valence-corrected chi connectivity index (χ4v) is 4.31. The summed E-state index contributed by atoms with van der Waals surface area (Å²) in [6.07, 6.45) is 2.87. The van der Waals surface area contributed by atoms with E-state index in [0.717, 1.165) is 36.2 Å². The highest BCUT2D eigenvalue weighted by molar-refractivity contribution is 7.09. The van der Waals surface area contributed by atoms with E-state index in [9.17, 15) is 0 Å². The molecule has 0 amide bonds. The van der Waals surface area contributed by atoms with Crippen LogP contribution in [-0.4, -0.2) is 32.8 Å². The molecule has 0 aliphatic carbocycles. The summed E-state index contributed by atoms with van der Waals surface area (Å²) in [5, 5.41) is 5.63. The minimum absolute atomic E-state index is 0.0913. The topological polar surface area (TPSA) is 56.1 Å². The zero-order valence-corrected chi connectivity index (χ0v) is 17.0. The van der Waals surface area contributed by atoms with E-state index in [2.05, 4.69) is 57.2 Å². The predicted octanol–water partition coefficient (Wildman–Crippen LogP) is 4.02. The number of anilines is 1. The number of nitrogens with zero attached hydrogens (tertiary/aromatic N) is 5. The Balaban J connectivity index is 1.69. The second-order valence-corrected chi connectivity index (χ2v) is 8.60. The number of benzene rings is 1. The molecule has 27 heavy (non-hydrogen) atoms. The minimum atomic E-state index is -0.0913. The van der Waals surface area contributed by atoms with Crippen molar-refractivity contribution in [1.82, 2.24) is 19.1 Å². The second-order valence-electron chi connectivity index (χ2n) is 7.87. The molecule has 142 valence electrons. The molecule has 3 heterocycles. The van der Waals surface area contributed by atoms with Crippen molar-refractivity contribution in [2.75, 3.05) is 18.6 Å². The molecule has 6 nitrogen and oxygen atoms in total. The van der Waals surface area contributed by atoms with Crippen LogP contribution in [0.2, 0.25) is 0 Å². The van der Waals surface area contributed by atoms with E-state index in [1.54, 1.807) is 7.11 Å². The largest absolute Gasteiger partial charge is 0.374 e. The van der Waals surface area contributed by atoms with Crippen LogP contribution in [0.25, 0.3) is 5.69 Å². The van der Waals surface area contributed by atoms with Crippen molar-refractivity contribution >= 4 is 16.7 Å². The third kappa shape index (κ3) is 3.61. The maximum absolute atomic E-state index is 5.36. The molecule has 0 spiro atoms. The number of hydrogen-bond acceptors (Lipinski definition) is 6. The highest BCUT2D eigenvalue weighted by Gasteiger charge is 2.32. The molecule has 4 rings (SSSR count). The van der Waals surface area contributed by atoms with E-state index in [1.165, 1.54) is 22.8 Å². The molecule has 1 aliphatic heterocycles. The number of hydrogen-bond donors (Lipinski definition) is 0. The van der Waals surface area contributed by atoms with Gasteiger partial charge in [-0.3, -0.25) is 0 Å². The minimum Gasteiger partial charge on any atom is -0.374 e. The van der Waals surface area contributed by atoms with Crippen LogP contribution in [0.4, 0.5) is 5.13 Å². The van der Waals surface area contributed by atoms with Crippen LogP contribution in [0, 0.1) is 5.41 Å². The third-order valence-corrected chi connectivity index (χ3v) is 5.79. The molecule has 3 aromatic rings. The molecule has 7 heteroatoms. The molecular formula is C20H25N5OS. The molecule has 0 radical (unpaired) electrons. The highest BCUT2D eigenvalue weighted by Crippen LogP contribution is 2.34. The lowest BCUT2D eigenvalue weighted by molar-refractivity contribution is 0.113. The smallest absolute Gasteiger partial charge is 0.205 e. The summed E-state index contributed by atoms with van der Waals surface area (Å²) >= 11 is 1.45. The fourth-order valence-electron chi connectivity index (χ4n) is 3.57. The lowest BCUT2D eigenvalue weighted by Gasteiger charge is -2.29. The Morgan fingerprint density at radius 3 is 2.74 bits per heavy atom. The van der Waals surface area contributed by atoms with Gasteiger partial charge in [0.2, 0.25) is 5.13 Å².